The van der Waals surface area contributed by atoms with Gasteiger partial charge in [-0.2, -0.15) is 0 Å². The van der Waals surface area contributed by atoms with Crippen LogP contribution >= 0.6 is 0 Å². The number of carbonyl (C=O) groups excluding carboxylic acids is 2. The zero-order valence-corrected chi connectivity index (χ0v) is 21.1. The van der Waals surface area contributed by atoms with E-state index in [1.165, 1.54) is 13.2 Å². The molecule has 2 rings (SSSR count). The van der Waals surface area contributed by atoms with E-state index in [0.717, 1.165) is 5.56 Å². The minimum absolute atomic E-state index is 0.0800. The normalized spacial score (nSPS) is 11.1. The molecular formula is C27H35NO6. The van der Waals surface area contributed by atoms with Crippen LogP contribution in [0.4, 0.5) is 0 Å². The van der Waals surface area contributed by atoms with Gasteiger partial charge in [0.2, 0.25) is 0 Å². The van der Waals surface area contributed by atoms with E-state index in [9.17, 15) is 9.59 Å². The van der Waals surface area contributed by atoms with Crippen molar-refractivity contribution in [3.05, 3.63) is 53.6 Å². The number of amides is 1. The van der Waals surface area contributed by atoms with Crippen molar-refractivity contribution in [3.63, 3.8) is 0 Å². The number of benzene rings is 2. The van der Waals surface area contributed by atoms with Crippen LogP contribution in [0.3, 0.4) is 0 Å². The average molecular weight is 470 g/mol. The number of nitrogens with zero attached hydrogens (tertiary/aromatic N) is 1. The number of ketones is 1. The van der Waals surface area contributed by atoms with Crippen molar-refractivity contribution >= 4 is 17.8 Å². The van der Waals surface area contributed by atoms with E-state index < -0.39 is 0 Å². The number of methoxy groups -OCH3 is 2. The number of ether oxygens (including phenoxy) is 4. The first-order valence-electron chi connectivity index (χ1n) is 11.4. The Hall–Kier alpha value is -3.48. The molecule has 0 fully saturated rings. The van der Waals surface area contributed by atoms with Gasteiger partial charge in [-0.3, -0.25) is 9.59 Å². The van der Waals surface area contributed by atoms with Gasteiger partial charge < -0.3 is 23.8 Å². The summed E-state index contributed by atoms with van der Waals surface area (Å²) in [4.78, 5) is 27.1. The molecule has 0 aliphatic rings. The van der Waals surface area contributed by atoms with E-state index in [-0.39, 0.29) is 30.4 Å². The molecule has 184 valence electrons. The maximum absolute atomic E-state index is 12.6. The summed E-state index contributed by atoms with van der Waals surface area (Å²) in [6.45, 7) is 10.1. The lowest BCUT2D eigenvalue weighted by Crippen LogP contribution is -2.44. The molecule has 0 bridgehead atoms. The molecule has 0 spiro atoms. The molecule has 2 aromatic rings. The van der Waals surface area contributed by atoms with Crippen LogP contribution in [0.2, 0.25) is 0 Å². The van der Waals surface area contributed by atoms with Gasteiger partial charge in [0.05, 0.1) is 20.8 Å². The summed E-state index contributed by atoms with van der Waals surface area (Å²) in [5, 5.41) is 0. The molecule has 0 N–H and O–H groups in total. The first-order chi connectivity index (χ1) is 16.2. The zero-order valence-electron chi connectivity index (χ0n) is 21.1. The molecule has 7 nitrogen and oxygen atoms in total. The van der Waals surface area contributed by atoms with Crippen LogP contribution in [0, 0.1) is 0 Å². The van der Waals surface area contributed by atoms with E-state index >= 15 is 0 Å². The highest BCUT2D eigenvalue weighted by Gasteiger charge is 2.21. The Bertz CT molecular complexity index is 1000. The standard InChI is InChI=1S/C27H35NO6/c1-8-33-26-15-20(9-12-22(29)21-11-14-23(31-6)25(16-21)32-7)10-13-24(26)34-17-27(30)28(18(2)3)19(4)5/h9-16,18-19H,8,17H2,1-7H3/b12-9+. The van der Waals surface area contributed by atoms with Crippen LogP contribution in [-0.2, 0) is 4.79 Å². The van der Waals surface area contributed by atoms with Crippen LogP contribution in [0.1, 0.15) is 50.5 Å². The van der Waals surface area contributed by atoms with E-state index in [2.05, 4.69) is 0 Å². The van der Waals surface area contributed by atoms with E-state index in [4.69, 9.17) is 18.9 Å². The van der Waals surface area contributed by atoms with Crippen LogP contribution < -0.4 is 18.9 Å². The number of hydrogen-bond donors (Lipinski definition) is 0. The van der Waals surface area contributed by atoms with Crippen molar-refractivity contribution < 1.29 is 28.5 Å². The SMILES string of the molecule is CCOc1cc(/C=C/C(=O)c2ccc(OC)c(OC)c2)ccc1OCC(=O)N(C(C)C)C(C)C. The van der Waals surface area contributed by atoms with Crippen molar-refractivity contribution in [1.29, 1.82) is 0 Å². The Balaban J connectivity index is 2.16. The van der Waals surface area contributed by atoms with Gasteiger partial charge in [-0.1, -0.05) is 12.1 Å². The summed E-state index contributed by atoms with van der Waals surface area (Å²) in [7, 11) is 3.07. The smallest absolute Gasteiger partial charge is 0.260 e. The molecule has 0 radical (unpaired) electrons. The zero-order chi connectivity index (χ0) is 25.3. The quantitative estimate of drug-likeness (QED) is 0.321. The molecule has 0 saturated heterocycles. The van der Waals surface area contributed by atoms with Crippen LogP contribution in [0.5, 0.6) is 23.0 Å². The molecule has 34 heavy (non-hydrogen) atoms. The van der Waals surface area contributed by atoms with Crippen molar-refractivity contribution in [1.82, 2.24) is 4.90 Å². The lowest BCUT2D eigenvalue weighted by Gasteiger charge is -2.30. The highest BCUT2D eigenvalue weighted by Crippen LogP contribution is 2.30. The minimum atomic E-state index is -0.174. The van der Waals surface area contributed by atoms with Crippen LogP contribution in [0.15, 0.2) is 42.5 Å². The van der Waals surface area contributed by atoms with Gasteiger partial charge in [-0.15, -0.1) is 0 Å². The molecule has 0 aromatic heterocycles. The second-order valence-corrected chi connectivity index (χ2v) is 8.18. The lowest BCUT2D eigenvalue weighted by molar-refractivity contribution is -0.137. The van der Waals surface area contributed by atoms with Crippen molar-refractivity contribution in [2.75, 3.05) is 27.4 Å². The predicted octanol–water partition coefficient (Wildman–Crippen LogP) is 5.02. The Morgan fingerprint density at radius 1 is 0.853 bits per heavy atom. The molecule has 0 atom stereocenters. The van der Waals surface area contributed by atoms with Crippen molar-refractivity contribution in [2.24, 2.45) is 0 Å². The van der Waals surface area contributed by atoms with E-state index in [0.29, 0.717) is 35.2 Å². The molecule has 0 aliphatic heterocycles. The monoisotopic (exact) mass is 469 g/mol. The Morgan fingerprint density at radius 2 is 1.50 bits per heavy atom. The largest absolute Gasteiger partial charge is 0.493 e. The fraction of sp³-hybridized carbons (Fsp3) is 0.407. The predicted molar refractivity (Wildman–Crippen MR) is 133 cm³/mol. The van der Waals surface area contributed by atoms with Crippen LogP contribution in [-0.4, -0.2) is 56.1 Å². The third-order valence-electron chi connectivity index (χ3n) is 5.11. The summed E-state index contributed by atoms with van der Waals surface area (Å²) in [5.74, 6) is 1.78. The van der Waals surface area contributed by atoms with Gasteiger partial charge in [0.25, 0.3) is 5.91 Å². The first kappa shape index (κ1) is 26.8. The summed E-state index contributed by atoms with van der Waals surface area (Å²) >= 11 is 0. The Kier molecular flexibility index (Phi) is 9.98. The van der Waals surface area contributed by atoms with E-state index in [1.807, 2.05) is 40.7 Å². The van der Waals surface area contributed by atoms with Gasteiger partial charge in [-0.05, 0) is 76.6 Å². The number of hydrogen-bond acceptors (Lipinski definition) is 6. The lowest BCUT2D eigenvalue weighted by atomic mass is 10.1. The molecule has 0 heterocycles. The van der Waals surface area contributed by atoms with Gasteiger partial charge in [0.15, 0.2) is 35.4 Å². The summed E-state index contributed by atoms with van der Waals surface area (Å²) < 4.78 is 22.0. The van der Waals surface area contributed by atoms with Gasteiger partial charge >= 0.3 is 0 Å². The average Bonchev–Trinajstić information content (AvgIpc) is 2.81. The third-order valence-corrected chi connectivity index (χ3v) is 5.11. The summed E-state index contributed by atoms with van der Waals surface area (Å²) in [5.41, 5.74) is 1.25. The molecular weight excluding hydrogens is 434 g/mol. The second kappa shape index (κ2) is 12.7. The summed E-state index contributed by atoms with van der Waals surface area (Å²) in [6.07, 6.45) is 3.19. The van der Waals surface area contributed by atoms with Crippen molar-refractivity contribution in [2.45, 2.75) is 46.7 Å². The number of rotatable bonds is 12. The van der Waals surface area contributed by atoms with Crippen LogP contribution in [0.25, 0.3) is 6.08 Å². The topological polar surface area (TPSA) is 74.3 Å². The molecule has 0 aliphatic carbocycles. The van der Waals surface area contributed by atoms with Gasteiger partial charge in [0, 0.05) is 17.6 Å². The fourth-order valence-corrected chi connectivity index (χ4v) is 3.66. The molecule has 0 unspecified atom stereocenters. The molecule has 0 saturated carbocycles. The Morgan fingerprint density at radius 3 is 2.09 bits per heavy atom. The highest BCUT2D eigenvalue weighted by molar-refractivity contribution is 6.07. The maximum atomic E-state index is 12.6. The summed E-state index contributed by atoms with van der Waals surface area (Å²) in [6, 6.07) is 10.5. The molecule has 7 heteroatoms. The van der Waals surface area contributed by atoms with E-state index in [1.54, 1.807) is 48.4 Å². The van der Waals surface area contributed by atoms with Gasteiger partial charge in [-0.25, -0.2) is 0 Å². The molecule has 1 amide bonds. The maximum Gasteiger partial charge on any atom is 0.260 e. The first-order valence-corrected chi connectivity index (χ1v) is 11.4. The third kappa shape index (κ3) is 7.01. The van der Waals surface area contributed by atoms with Crippen molar-refractivity contribution in [3.8, 4) is 23.0 Å². The minimum Gasteiger partial charge on any atom is -0.493 e. The number of carbonyl (C=O) groups is 2. The highest BCUT2D eigenvalue weighted by atomic mass is 16.5. The second-order valence-electron chi connectivity index (χ2n) is 8.18. The number of allylic oxidation sites excluding steroid dienone is 1. The Labute approximate surface area is 202 Å². The fourth-order valence-electron chi connectivity index (χ4n) is 3.66. The van der Waals surface area contributed by atoms with Gasteiger partial charge in [0.1, 0.15) is 0 Å². The molecule has 2 aromatic carbocycles.